The molecule has 2 nitrogen and oxygen atoms in total. The van der Waals surface area contributed by atoms with Gasteiger partial charge in [0, 0.05) is 11.3 Å². The Hall–Kier alpha value is -0.790. The van der Waals surface area contributed by atoms with Crippen LogP contribution in [0.3, 0.4) is 0 Å². The van der Waals surface area contributed by atoms with E-state index in [-0.39, 0.29) is 5.41 Å². The van der Waals surface area contributed by atoms with Crippen molar-refractivity contribution in [2.24, 2.45) is 5.92 Å². The van der Waals surface area contributed by atoms with Gasteiger partial charge in [-0.1, -0.05) is 34.1 Å². The van der Waals surface area contributed by atoms with E-state index in [9.17, 15) is 0 Å². The summed E-state index contributed by atoms with van der Waals surface area (Å²) in [6.45, 7) is 8.96. The predicted molar refractivity (Wildman–Crippen MR) is 74.8 cm³/mol. The molecule has 1 aliphatic rings. The van der Waals surface area contributed by atoms with Gasteiger partial charge in [-0.2, -0.15) is 0 Å². The van der Waals surface area contributed by atoms with Crippen LogP contribution in [0.2, 0.25) is 0 Å². The van der Waals surface area contributed by atoms with Crippen LogP contribution in [-0.2, 0) is 5.41 Å². The van der Waals surface area contributed by atoms with Crippen LogP contribution in [0.1, 0.15) is 83.8 Å². The van der Waals surface area contributed by atoms with Crippen molar-refractivity contribution in [1.29, 1.82) is 0 Å². The summed E-state index contributed by atoms with van der Waals surface area (Å²) in [7, 11) is 0. The summed E-state index contributed by atoms with van der Waals surface area (Å²) in [5.41, 5.74) is 0.117. The van der Waals surface area contributed by atoms with Crippen molar-refractivity contribution in [3.63, 3.8) is 0 Å². The van der Waals surface area contributed by atoms with Gasteiger partial charge in [-0.15, -0.1) is 0 Å². The fourth-order valence-electron chi connectivity index (χ4n) is 2.78. The SMILES string of the molecule is CCC1CCC(c2ncc(C(C)(C)CC)o2)CC1. The van der Waals surface area contributed by atoms with Crippen LogP contribution >= 0.6 is 0 Å². The molecule has 0 saturated heterocycles. The van der Waals surface area contributed by atoms with Gasteiger partial charge < -0.3 is 4.42 Å². The second-order valence-electron chi connectivity index (χ2n) is 6.43. The zero-order valence-electron chi connectivity index (χ0n) is 12.3. The van der Waals surface area contributed by atoms with Crippen LogP contribution in [0.25, 0.3) is 0 Å². The summed E-state index contributed by atoms with van der Waals surface area (Å²) in [6.07, 6.45) is 9.56. The molecule has 1 aromatic heterocycles. The van der Waals surface area contributed by atoms with E-state index in [2.05, 4.69) is 32.7 Å². The van der Waals surface area contributed by atoms with Crippen molar-refractivity contribution in [3.8, 4) is 0 Å². The van der Waals surface area contributed by atoms with E-state index < -0.39 is 0 Å². The van der Waals surface area contributed by atoms with Gasteiger partial charge >= 0.3 is 0 Å². The topological polar surface area (TPSA) is 26.0 Å². The van der Waals surface area contributed by atoms with E-state index in [0.29, 0.717) is 5.92 Å². The standard InChI is InChI=1S/C16H27NO/c1-5-12-7-9-13(10-8-12)15-17-11-14(18-15)16(3,4)6-2/h11-13H,5-10H2,1-4H3. The molecule has 1 saturated carbocycles. The summed E-state index contributed by atoms with van der Waals surface area (Å²) in [4.78, 5) is 4.54. The lowest BCUT2D eigenvalue weighted by Gasteiger charge is -2.26. The Bertz CT molecular complexity index is 372. The summed E-state index contributed by atoms with van der Waals surface area (Å²) in [5.74, 6) is 3.54. The lowest BCUT2D eigenvalue weighted by Crippen LogP contribution is -2.14. The van der Waals surface area contributed by atoms with Gasteiger partial charge in [-0.25, -0.2) is 4.98 Å². The van der Waals surface area contributed by atoms with E-state index in [1.165, 1.54) is 32.1 Å². The highest BCUT2D eigenvalue weighted by Crippen LogP contribution is 2.38. The van der Waals surface area contributed by atoms with E-state index in [4.69, 9.17) is 4.42 Å². The Kier molecular flexibility index (Phi) is 4.14. The molecule has 1 aliphatic carbocycles. The molecule has 2 heteroatoms. The molecule has 0 radical (unpaired) electrons. The van der Waals surface area contributed by atoms with Gasteiger partial charge in [-0.05, 0) is 38.0 Å². The van der Waals surface area contributed by atoms with E-state index in [1.54, 1.807) is 0 Å². The Balaban J connectivity index is 2.03. The van der Waals surface area contributed by atoms with Crippen LogP contribution in [0.4, 0.5) is 0 Å². The minimum atomic E-state index is 0.117. The molecule has 1 fully saturated rings. The van der Waals surface area contributed by atoms with E-state index >= 15 is 0 Å². The van der Waals surface area contributed by atoms with Crippen LogP contribution in [0.5, 0.6) is 0 Å². The lowest BCUT2D eigenvalue weighted by atomic mass is 9.81. The predicted octanol–water partition coefficient (Wildman–Crippen LogP) is 5.05. The molecule has 0 aromatic carbocycles. The summed E-state index contributed by atoms with van der Waals surface area (Å²) in [6, 6.07) is 0. The largest absolute Gasteiger partial charge is 0.445 e. The highest BCUT2D eigenvalue weighted by Gasteiger charge is 2.28. The molecule has 1 heterocycles. The maximum atomic E-state index is 6.04. The highest BCUT2D eigenvalue weighted by molar-refractivity contribution is 5.09. The number of nitrogens with zero attached hydrogens (tertiary/aromatic N) is 1. The Morgan fingerprint density at radius 3 is 2.44 bits per heavy atom. The summed E-state index contributed by atoms with van der Waals surface area (Å²) in [5, 5.41) is 0. The quantitative estimate of drug-likeness (QED) is 0.746. The van der Waals surface area contributed by atoms with Crippen molar-refractivity contribution in [2.45, 2.75) is 77.6 Å². The molecule has 0 N–H and O–H groups in total. The molecule has 102 valence electrons. The fourth-order valence-corrected chi connectivity index (χ4v) is 2.78. The average molecular weight is 249 g/mol. The smallest absolute Gasteiger partial charge is 0.197 e. The molecule has 0 spiro atoms. The van der Waals surface area contributed by atoms with Crippen molar-refractivity contribution in [3.05, 3.63) is 17.8 Å². The first kappa shape index (κ1) is 13.6. The molecule has 1 aromatic rings. The number of rotatable bonds is 4. The molecule has 0 atom stereocenters. The minimum absolute atomic E-state index is 0.117. The zero-order valence-corrected chi connectivity index (χ0v) is 12.3. The van der Waals surface area contributed by atoms with Gasteiger partial charge in [0.2, 0.25) is 0 Å². The first-order valence-electron chi connectivity index (χ1n) is 7.53. The van der Waals surface area contributed by atoms with Gasteiger partial charge in [0.1, 0.15) is 5.76 Å². The normalized spacial score (nSPS) is 25.3. The molecular weight excluding hydrogens is 222 g/mol. The summed E-state index contributed by atoms with van der Waals surface area (Å²) >= 11 is 0. The third-order valence-electron chi connectivity index (χ3n) is 4.85. The van der Waals surface area contributed by atoms with Crippen molar-refractivity contribution in [1.82, 2.24) is 4.98 Å². The number of hydrogen-bond acceptors (Lipinski definition) is 2. The van der Waals surface area contributed by atoms with Gasteiger partial charge in [0.15, 0.2) is 5.89 Å². The van der Waals surface area contributed by atoms with Gasteiger partial charge in [0.05, 0.1) is 6.20 Å². The molecule has 0 aliphatic heterocycles. The van der Waals surface area contributed by atoms with Crippen molar-refractivity contribution in [2.75, 3.05) is 0 Å². The zero-order chi connectivity index (χ0) is 13.2. The maximum absolute atomic E-state index is 6.04. The molecular formula is C16H27NO. The third kappa shape index (κ3) is 2.78. The van der Waals surface area contributed by atoms with Crippen LogP contribution < -0.4 is 0 Å². The molecule has 18 heavy (non-hydrogen) atoms. The summed E-state index contributed by atoms with van der Waals surface area (Å²) < 4.78 is 6.04. The molecule has 2 rings (SSSR count). The second-order valence-corrected chi connectivity index (χ2v) is 6.43. The maximum Gasteiger partial charge on any atom is 0.197 e. The second kappa shape index (κ2) is 5.46. The van der Waals surface area contributed by atoms with Crippen LogP contribution in [0, 0.1) is 5.92 Å². The first-order valence-corrected chi connectivity index (χ1v) is 7.53. The number of hydrogen-bond donors (Lipinski definition) is 0. The van der Waals surface area contributed by atoms with Crippen LogP contribution in [0.15, 0.2) is 10.6 Å². The third-order valence-corrected chi connectivity index (χ3v) is 4.85. The Morgan fingerprint density at radius 2 is 1.89 bits per heavy atom. The highest BCUT2D eigenvalue weighted by atomic mass is 16.4. The Labute approximate surface area is 111 Å². The Morgan fingerprint density at radius 1 is 1.22 bits per heavy atom. The fraction of sp³-hybridized carbons (Fsp3) is 0.812. The van der Waals surface area contributed by atoms with E-state index in [0.717, 1.165) is 24.0 Å². The minimum Gasteiger partial charge on any atom is -0.445 e. The number of aromatic nitrogens is 1. The van der Waals surface area contributed by atoms with Gasteiger partial charge in [-0.3, -0.25) is 0 Å². The van der Waals surface area contributed by atoms with Crippen molar-refractivity contribution >= 4 is 0 Å². The molecule has 0 amide bonds. The number of oxazole rings is 1. The van der Waals surface area contributed by atoms with E-state index in [1.807, 2.05) is 6.20 Å². The van der Waals surface area contributed by atoms with Crippen molar-refractivity contribution < 1.29 is 4.42 Å². The molecule has 0 bridgehead atoms. The molecule has 0 unspecified atom stereocenters. The monoisotopic (exact) mass is 249 g/mol. The van der Waals surface area contributed by atoms with Crippen LogP contribution in [-0.4, -0.2) is 4.98 Å². The van der Waals surface area contributed by atoms with Gasteiger partial charge in [0.25, 0.3) is 0 Å². The first-order chi connectivity index (χ1) is 8.56. The average Bonchev–Trinajstić information content (AvgIpc) is 2.89. The lowest BCUT2D eigenvalue weighted by molar-refractivity contribution is 0.272.